The maximum Gasteiger partial charge on any atom is 0.151 e. The van der Waals surface area contributed by atoms with Gasteiger partial charge in [0.05, 0.1) is 4.47 Å². The predicted molar refractivity (Wildman–Crippen MR) is 88.2 cm³/mol. The van der Waals surface area contributed by atoms with E-state index in [4.69, 9.17) is 0 Å². The Morgan fingerprint density at radius 3 is 3.05 bits per heavy atom. The van der Waals surface area contributed by atoms with Gasteiger partial charge in [-0.05, 0) is 58.6 Å². The fourth-order valence-corrected chi connectivity index (χ4v) is 3.15. The summed E-state index contributed by atoms with van der Waals surface area (Å²) in [5, 5.41) is 11.7. The predicted octanol–water partition coefficient (Wildman–Crippen LogP) is 3.14. The van der Waals surface area contributed by atoms with E-state index in [1.165, 1.54) is 6.07 Å². The third-order valence-corrected chi connectivity index (χ3v) is 4.49. The fraction of sp³-hybridized carbons (Fsp3) is 0.375. The summed E-state index contributed by atoms with van der Waals surface area (Å²) in [6.07, 6.45) is 3.95. The monoisotopic (exact) mass is 364 g/mol. The first-order valence-electron chi connectivity index (χ1n) is 7.42. The summed E-state index contributed by atoms with van der Waals surface area (Å²) in [6.45, 7) is 2.66. The summed E-state index contributed by atoms with van der Waals surface area (Å²) >= 11 is 3.23. The largest absolute Gasteiger partial charge is 0.354 e. The van der Waals surface area contributed by atoms with Gasteiger partial charge < -0.3 is 10.2 Å². The third-order valence-electron chi connectivity index (χ3n) is 3.88. The molecule has 1 saturated heterocycles. The Bertz CT molecular complexity index is 623. The first kappa shape index (κ1) is 15.4. The molecule has 0 saturated carbocycles. The van der Waals surface area contributed by atoms with Crippen molar-refractivity contribution >= 4 is 21.7 Å². The van der Waals surface area contributed by atoms with Gasteiger partial charge in [0, 0.05) is 31.9 Å². The molecule has 0 radical (unpaired) electrons. The molecule has 1 aliphatic heterocycles. The molecule has 2 aromatic rings. The molecule has 0 aliphatic carbocycles. The lowest BCUT2D eigenvalue weighted by Crippen LogP contribution is -2.45. The maximum atomic E-state index is 13.2. The molecule has 1 fully saturated rings. The van der Waals surface area contributed by atoms with Crippen LogP contribution >= 0.6 is 15.9 Å². The molecule has 0 bridgehead atoms. The Kier molecular flexibility index (Phi) is 5.00. The average Bonchev–Trinajstić information content (AvgIpc) is 2.57. The summed E-state index contributed by atoms with van der Waals surface area (Å²) in [5.41, 5.74) is 1.07. The topological polar surface area (TPSA) is 41.0 Å². The van der Waals surface area contributed by atoms with E-state index < -0.39 is 0 Å². The normalized spacial score (nSPS) is 18.5. The highest BCUT2D eigenvalue weighted by molar-refractivity contribution is 9.10. The van der Waals surface area contributed by atoms with Crippen LogP contribution in [-0.2, 0) is 6.54 Å². The first-order chi connectivity index (χ1) is 10.7. The second-order valence-corrected chi connectivity index (χ2v) is 6.35. The van der Waals surface area contributed by atoms with Gasteiger partial charge in [0.25, 0.3) is 0 Å². The minimum absolute atomic E-state index is 0.227. The lowest BCUT2D eigenvalue weighted by molar-refractivity contribution is 0.419. The minimum atomic E-state index is -0.227. The number of hydrogen-bond acceptors (Lipinski definition) is 4. The molecular formula is C16H18BrFN4. The number of aromatic nitrogens is 2. The summed E-state index contributed by atoms with van der Waals surface area (Å²) in [6, 6.07) is 9.44. The smallest absolute Gasteiger partial charge is 0.151 e. The Morgan fingerprint density at radius 2 is 2.27 bits per heavy atom. The summed E-state index contributed by atoms with van der Waals surface area (Å²) in [4.78, 5) is 2.26. The molecule has 1 N–H and O–H groups in total. The van der Waals surface area contributed by atoms with Crippen LogP contribution in [0.15, 0.2) is 41.0 Å². The standard InChI is InChI=1S/C16H18BrFN4/c17-14-9-12(5-6-15(14)18)10-19-13-3-2-8-22(11-13)16-4-1-7-20-21-16/h1,4-7,9,13,19H,2-3,8,10-11H2. The van der Waals surface area contributed by atoms with Crippen LogP contribution in [0.1, 0.15) is 18.4 Å². The molecule has 0 amide bonds. The van der Waals surface area contributed by atoms with E-state index in [9.17, 15) is 4.39 Å². The van der Waals surface area contributed by atoms with E-state index in [0.29, 0.717) is 10.5 Å². The van der Waals surface area contributed by atoms with Crippen molar-refractivity contribution in [2.75, 3.05) is 18.0 Å². The Hall–Kier alpha value is -1.53. The van der Waals surface area contributed by atoms with Crippen LogP contribution in [0, 0.1) is 5.82 Å². The molecule has 1 unspecified atom stereocenters. The number of anilines is 1. The average molecular weight is 365 g/mol. The second kappa shape index (κ2) is 7.15. The zero-order valence-corrected chi connectivity index (χ0v) is 13.8. The summed E-state index contributed by atoms with van der Waals surface area (Å²) in [5.74, 6) is 0.703. The minimum Gasteiger partial charge on any atom is -0.354 e. The quantitative estimate of drug-likeness (QED) is 0.904. The van der Waals surface area contributed by atoms with Crippen molar-refractivity contribution in [1.82, 2.24) is 15.5 Å². The first-order valence-corrected chi connectivity index (χ1v) is 8.21. The highest BCUT2D eigenvalue weighted by atomic mass is 79.9. The molecular weight excluding hydrogens is 347 g/mol. The van der Waals surface area contributed by atoms with Gasteiger partial charge in [-0.3, -0.25) is 0 Å². The van der Waals surface area contributed by atoms with Gasteiger partial charge in [-0.25, -0.2) is 4.39 Å². The van der Waals surface area contributed by atoms with Crippen LogP contribution in [0.2, 0.25) is 0 Å². The fourth-order valence-electron chi connectivity index (χ4n) is 2.73. The molecule has 1 aromatic carbocycles. The van der Waals surface area contributed by atoms with Crippen molar-refractivity contribution in [2.24, 2.45) is 0 Å². The van der Waals surface area contributed by atoms with Crippen molar-refractivity contribution in [2.45, 2.75) is 25.4 Å². The van der Waals surface area contributed by atoms with Crippen LogP contribution < -0.4 is 10.2 Å². The number of halogens is 2. The maximum absolute atomic E-state index is 13.2. The third kappa shape index (κ3) is 3.81. The van der Waals surface area contributed by atoms with E-state index in [0.717, 1.165) is 43.9 Å². The molecule has 116 valence electrons. The Labute approximate surface area is 137 Å². The van der Waals surface area contributed by atoms with Crippen molar-refractivity contribution < 1.29 is 4.39 Å². The van der Waals surface area contributed by atoms with Gasteiger partial charge in [-0.1, -0.05) is 6.07 Å². The molecule has 22 heavy (non-hydrogen) atoms. The summed E-state index contributed by atoms with van der Waals surface area (Å²) in [7, 11) is 0. The van der Waals surface area contributed by atoms with Crippen LogP contribution in [0.5, 0.6) is 0 Å². The van der Waals surface area contributed by atoms with Gasteiger partial charge in [-0.15, -0.1) is 5.10 Å². The SMILES string of the molecule is Fc1ccc(CNC2CCCN(c3cccnn3)C2)cc1Br. The van der Waals surface area contributed by atoms with E-state index in [-0.39, 0.29) is 5.82 Å². The molecule has 6 heteroatoms. The zero-order chi connectivity index (χ0) is 15.4. The van der Waals surface area contributed by atoms with Crippen LogP contribution in [0.4, 0.5) is 10.2 Å². The number of nitrogens with one attached hydrogen (secondary N) is 1. The molecule has 0 spiro atoms. The van der Waals surface area contributed by atoms with E-state index >= 15 is 0 Å². The highest BCUT2D eigenvalue weighted by Gasteiger charge is 2.20. The van der Waals surface area contributed by atoms with Crippen LogP contribution in [0.25, 0.3) is 0 Å². The number of benzene rings is 1. The number of piperidine rings is 1. The van der Waals surface area contributed by atoms with E-state index in [2.05, 4.69) is 36.3 Å². The van der Waals surface area contributed by atoms with Gasteiger partial charge in [0.2, 0.25) is 0 Å². The number of hydrogen-bond donors (Lipinski definition) is 1. The van der Waals surface area contributed by atoms with Crippen molar-refractivity contribution in [1.29, 1.82) is 0 Å². The zero-order valence-electron chi connectivity index (χ0n) is 12.2. The highest BCUT2D eigenvalue weighted by Crippen LogP contribution is 2.19. The lowest BCUT2D eigenvalue weighted by atomic mass is 10.1. The van der Waals surface area contributed by atoms with Crippen molar-refractivity contribution in [3.8, 4) is 0 Å². The van der Waals surface area contributed by atoms with Crippen molar-refractivity contribution in [3.05, 3.63) is 52.4 Å². The second-order valence-electron chi connectivity index (χ2n) is 5.50. The molecule has 1 atom stereocenters. The van der Waals surface area contributed by atoms with Gasteiger partial charge >= 0.3 is 0 Å². The van der Waals surface area contributed by atoms with Crippen LogP contribution in [-0.4, -0.2) is 29.3 Å². The van der Waals surface area contributed by atoms with Gasteiger partial charge in [0.15, 0.2) is 5.82 Å². The number of nitrogens with zero attached hydrogens (tertiary/aromatic N) is 3. The molecule has 2 heterocycles. The Balaban J connectivity index is 1.57. The molecule has 1 aromatic heterocycles. The van der Waals surface area contributed by atoms with Gasteiger partial charge in [-0.2, -0.15) is 5.10 Å². The molecule has 1 aliphatic rings. The molecule has 4 nitrogen and oxygen atoms in total. The van der Waals surface area contributed by atoms with E-state index in [1.54, 1.807) is 6.20 Å². The van der Waals surface area contributed by atoms with Gasteiger partial charge in [0.1, 0.15) is 5.82 Å². The summed E-state index contributed by atoms with van der Waals surface area (Å²) < 4.78 is 13.8. The number of rotatable bonds is 4. The van der Waals surface area contributed by atoms with E-state index in [1.807, 2.05) is 24.3 Å². The lowest BCUT2D eigenvalue weighted by Gasteiger charge is -2.33. The molecule has 3 rings (SSSR count). The van der Waals surface area contributed by atoms with Crippen molar-refractivity contribution in [3.63, 3.8) is 0 Å². The Morgan fingerprint density at radius 1 is 1.36 bits per heavy atom. The van der Waals surface area contributed by atoms with Crippen LogP contribution in [0.3, 0.4) is 0 Å².